The van der Waals surface area contributed by atoms with Gasteiger partial charge in [-0.15, -0.1) is 0 Å². The fourth-order valence-electron chi connectivity index (χ4n) is 2.20. The number of rotatable bonds is 8. The molecule has 1 saturated heterocycles. The smallest absolute Gasteiger partial charge is 0.119 e. The topological polar surface area (TPSA) is 30.5 Å². The van der Waals surface area contributed by atoms with Gasteiger partial charge in [0.05, 0.1) is 19.3 Å². The van der Waals surface area contributed by atoms with Crippen LogP contribution >= 0.6 is 0 Å². The van der Waals surface area contributed by atoms with E-state index in [1.54, 1.807) is 0 Å². The summed E-state index contributed by atoms with van der Waals surface area (Å²) in [6, 6.07) is 8.39. The van der Waals surface area contributed by atoms with Crippen LogP contribution in [0.5, 0.6) is 5.75 Å². The SMILES string of the molecule is CCCCOc1ccc(CCO[C@@H]2CCNC2)cc1. The Hall–Kier alpha value is -1.06. The highest BCUT2D eigenvalue weighted by Gasteiger charge is 2.13. The third-order valence-corrected chi connectivity index (χ3v) is 3.45. The van der Waals surface area contributed by atoms with Crippen LogP contribution in [-0.4, -0.2) is 32.4 Å². The van der Waals surface area contributed by atoms with Gasteiger partial charge in [0, 0.05) is 6.54 Å². The first kappa shape index (κ1) is 14.4. The monoisotopic (exact) mass is 263 g/mol. The van der Waals surface area contributed by atoms with E-state index in [1.807, 2.05) is 0 Å². The van der Waals surface area contributed by atoms with Gasteiger partial charge >= 0.3 is 0 Å². The lowest BCUT2D eigenvalue weighted by atomic mass is 10.1. The van der Waals surface area contributed by atoms with E-state index in [0.29, 0.717) is 6.10 Å². The molecule has 1 heterocycles. The van der Waals surface area contributed by atoms with E-state index >= 15 is 0 Å². The van der Waals surface area contributed by atoms with Gasteiger partial charge in [0.25, 0.3) is 0 Å². The normalized spacial score (nSPS) is 18.7. The molecule has 0 aromatic heterocycles. The maximum atomic E-state index is 5.82. The van der Waals surface area contributed by atoms with Gasteiger partial charge in [-0.2, -0.15) is 0 Å². The number of hydrogen-bond donors (Lipinski definition) is 1. The zero-order chi connectivity index (χ0) is 13.3. The number of ether oxygens (including phenoxy) is 2. The zero-order valence-electron chi connectivity index (χ0n) is 11.9. The molecule has 0 amide bonds. The van der Waals surface area contributed by atoms with Gasteiger partial charge in [-0.25, -0.2) is 0 Å². The molecular weight excluding hydrogens is 238 g/mol. The summed E-state index contributed by atoms with van der Waals surface area (Å²) in [7, 11) is 0. The number of nitrogens with one attached hydrogen (secondary N) is 1. The summed E-state index contributed by atoms with van der Waals surface area (Å²) in [5.41, 5.74) is 1.31. The Morgan fingerprint density at radius 1 is 1.21 bits per heavy atom. The molecule has 0 bridgehead atoms. The minimum atomic E-state index is 0.414. The van der Waals surface area contributed by atoms with Crippen LogP contribution in [0.1, 0.15) is 31.7 Å². The molecule has 1 aromatic carbocycles. The lowest BCUT2D eigenvalue weighted by Crippen LogP contribution is -2.17. The van der Waals surface area contributed by atoms with Crippen molar-refractivity contribution < 1.29 is 9.47 Å². The number of benzene rings is 1. The average Bonchev–Trinajstić information content (AvgIpc) is 2.94. The summed E-state index contributed by atoms with van der Waals surface area (Å²) in [6.45, 7) is 5.89. The fourth-order valence-corrected chi connectivity index (χ4v) is 2.20. The van der Waals surface area contributed by atoms with Gasteiger partial charge < -0.3 is 14.8 Å². The van der Waals surface area contributed by atoms with Crippen molar-refractivity contribution in [2.45, 2.75) is 38.7 Å². The van der Waals surface area contributed by atoms with Crippen LogP contribution in [0, 0.1) is 0 Å². The molecule has 0 aliphatic carbocycles. The molecule has 1 aliphatic heterocycles. The van der Waals surface area contributed by atoms with Crippen LogP contribution in [0.25, 0.3) is 0 Å². The molecule has 19 heavy (non-hydrogen) atoms. The quantitative estimate of drug-likeness (QED) is 0.732. The van der Waals surface area contributed by atoms with Crippen molar-refractivity contribution in [1.82, 2.24) is 5.32 Å². The Bertz CT molecular complexity index is 344. The van der Waals surface area contributed by atoms with Crippen molar-refractivity contribution in [3.63, 3.8) is 0 Å². The van der Waals surface area contributed by atoms with E-state index < -0.39 is 0 Å². The summed E-state index contributed by atoms with van der Waals surface area (Å²) >= 11 is 0. The Morgan fingerprint density at radius 2 is 2.05 bits per heavy atom. The Morgan fingerprint density at radius 3 is 2.74 bits per heavy atom. The minimum absolute atomic E-state index is 0.414. The third kappa shape index (κ3) is 5.21. The summed E-state index contributed by atoms with van der Waals surface area (Å²) in [4.78, 5) is 0. The van der Waals surface area contributed by atoms with E-state index in [9.17, 15) is 0 Å². The van der Waals surface area contributed by atoms with Crippen molar-refractivity contribution in [3.05, 3.63) is 29.8 Å². The summed E-state index contributed by atoms with van der Waals surface area (Å²) in [6.07, 6.45) is 4.82. The minimum Gasteiger partial charge on any atom is -0.494 e. The van der Waals surface area contributed by atoms with Gasteiger partial charge in [0.15, 0.2) is 0 Å². The summed E-state index contributed by atoms with van der Waals surface area (Å²) in [5.74, 6) is 0.970. The predicted molar refractivity (Wildman–Crippen MR) is 77.8 cm³/mol. The molecule has 3 heteroatoms. The van der Waals surface area contributed by atoms with Gasteiger partial charge in [-0.1, -0.05) is 25.5 Å². The molecule has 0 unspecified atom stereocenters. The fraction of sp³-hybridized carbons (Fsp3) is 0.625. The molecule has 1 N–H and O–H groups in total. The van der Waals surface area contributed by atoms with Crippen molar-refractivity contribution in [2.24, 2.45) is 0 Å². The Kier molecular flexibility index (Phi) is 6.18. The lowest BCUT2D eigenvalue weighted by molar-refractivity contribution is 0.0694. The Balaban J connectivity index is 1.66. The van der Waals surface area contributed by atoms with Gasteiger partial charge in [-0.3, -0.25) is 0 Å². The van der Waals surface area contributed by atoms with E-state index in [1.165, 1.54) is 12.0 Å². The summed E-state index contributed by atoms with van der Waals surface area (Å²) in [5, 5.41) is 3.31. The first-order valence-corrected chi connectivity index (χ1v) is 7.42. The molecular formula is C16H25NO2. The highest BCUT2D eigenvalue weighted by Crippen LogP contribution is 2.13. The lowest BCUT2D eigenvalue weighted by Gasteiger charge is -2.10. The largest absolute Gasteiger partial charge is 0.494 e. The summed E-state index contributed by atoms with van der Waals surface area (Å²) < 4.78 is 11.5. The van der Waals surface area contributed by atoms with Crippen LogP contribution in [0.15, 0.2) is 24.3 Å². The number of unbranched alkanes of at least 4 members (excludes halogenated alkanes) is 1. The van der Waals surface area contributed by atoms with Crippen LogP contribution in [-0.2, 0) is 11.2 Å². The van der Waals surface area contributed by atoms with Crippen LogP contribution in [0.2, 0.25) is 0 Å². The van der Waals surface area contributed by atoms with Crippen molar-refractivity contribution >= 4 is 0 Å². The van der Waals surface area contributed by atoms with Gasteiger partial charge in [0.2, 0.25) is 0 Å². The highest BCUT2D eigenvalue weighted by molar-refractivity contribution is 5.27. The van der Waals surface area contributed by atoms with Crippen LogP contribution in [0.3, 0.4) is 0 Å². The molecule has 1 aliphatic rings. The molecule has 0 spiro atoms. The predicted octanol–water partition coefficient (Wildman–Crippen LogP) is 2.79. The van der Waals surface area contributed by atoms with Crippen LogP contribution < -0.4 is 10.1 Å². The molecule has 106 valence electrons. The maximum Gasteiger partial charge on any atom is 0.119 e. The molecule has 1 aromatic rings. The first-order chi connectivity index (χ1) is 9.38. The molecule has 1 atom stereocenters. The van der Waals surface area contributed by atoms with Crippen molar-refractivity contribution in [2.75, 3.05) is 26.3 Å². The van der Waals surface area contributed by atoms with E-state index in [4.69, 9.17) is 9.47 Å². The molecule has 0 saturated carbocycles. The molecule has 2 rings (SSSR count). The van der Waals surface area contributed by atoms with E-state index in [-0.39, 0.29) is 0 Å². The number of hydrogen-bond acceptors (Lipinski definition) is 3. The zero-order valence-corrected chi connectivity index (χ0v) is 11.9. The first-order valence-electron chi connectivity index (χ1n) is 7.42. The van der Waals surface area contributed by atoms with E-state index in [2.05, 4.69) is 36.5 Å². The standard InChI is InChI=1S/C16H25NO2/c1-2-3-11-18-15-6-4-14(5-7-15)9-12-19-16-8-10-17-13-16/h4-7,16-17H,2-3,8-13H2,1H3/t16-/m1/s1. The second-order valence-corrected chi connectivity index (χ2v) is 5.08. The second kappa shape index (κ2) is 8.18. The van der Waals surface area contributed by atoms with Crippen LogP contribution in [0.4, 0.5) is 0 Å². The average molecular weight is 263 g/mol. The van der Waals surface area contributed by atoms with E-state index in [0.717, 1.165) is 51.3 Å². The molecule has 1 fully saturated rings. The Labute approximate surface area is 116 Å². The van der Waals surface area contributed by atoms with Crippen molar-refractivity contribution in [1.29, 1.82) is 0 Å². The van der Waals surface area contributed by atoms with Crippen molar-refractivity contribution in [3.8, 4) is 5.75 Å². The van der Waals surface area contributed by atoms with Gasteiger partial charge in [-0.05, 0) is 43.5 Å². The second-order valence-electron chi connectivity index (χ2n) is 5.08. The molecule has 3 nitrogen and oxygen atoms in total. The maximum absolute atomic E-state index is 5.82. The highest BCUT2D eigenvalue weighted by atomic mass is 16.5. The van der Waals surface area contributed by atoms with Gasteiger partial charge in [0.1, 0.15) is 5.75 Å². The third-order valence-electron chi connectivity index (χ3n) is 3.45. The molecule has 0 radical (unpaired) electrons.